The fourth-order valence-corrected chi connectivity index (χ4v) is 5.82. The molecule has 0 saturated carbocycles. The number of aromatic nitrogens is 2. The van der Waals surface area contributed by atoms with Crippen LogP contribution in [0.25, 0.3) is 10.2 Å². The maximum absolute atomic E-state index is 13.3. The largest absolute Gasteiger partial charge is 0.497 e. The molecule has 0 unspecified atom stereocenters. The summed E-state index contributed by atoms with van der Waals surface area (Å²) in [5.41, 5.74) is 1.29. The third-order valence-electron chi connectivity index (χ3n) is 5.20. The molecule has 0 saturated heterocycles. The Balaban J connectivity index is 1.52. The fraction of sp³-hybridized carbons (Fsp3) is 0.455. The van der Waals surface area contributed by atoms with Gasteiger partial charge in [0.15, 0.2) is 5.16 Å². The lowest BCUT2D eigenvalue weighted by molar-refractivity contribution is 0.183. The monoisotopic (exact) mass is 446 g/mol. The summed E-state index contributed by atoms with van der Waals surface area (Å²) in [6.07, 6.45) is 4.39. The molecule has 0 spiro atoms. The van der Waals surface area contributed by atoms with Crippen LogP contribution in [0.5, 0.6) is 11.5 Å². The zero-order valence-corrected chi connectivity index (χ0v) is 18.9. The molecule has 0 N–H and O–H groups in total. The van der Waals surface area contributed by atoms with E-state index in [1.165, 1.54) is 16.9 Å². The molecule has 0 aliphatic heterocycles. The van der Waals surface area contributed by atoms with Gasteiger partial charge in [-0.1, -0.05) is 11.8 Å². The fourth-order valence-electron chi connectivity index (χ4n) is 3.67. The van der Waals surface area contributed by atoms with Gasteiger partial charge in [-0.2, -0.15) is 0 Å². The highest BCUT2D eigenvalue weighted by Crippen LogP contribution is 2.34. The van der Waals surface area contributed by atoms with Crippen LogP contribution in [0.4, 0.5) is 0 Å². The third-order valence-corrected chi connectivity index (χ3v) is 7.33. The molecule has 0 atom stereocenters. The smallest absolute Gasteiger partial charge is 0.263 e. The number of fused-ring (bicyclic) bond motifs is 3. The summed E-state index contributed by atoms with van der Waals surface area (Å²) in [6, 6.07) is 7.52. The highest BCUT2D eigenvalue weighted by Gasteiger charge is 2.22. The molecule has 0 fully saturated rings. The van der Waals surface area contributed by atoms with Gasteiger partial charge in [0.25, 0.3) is 5.56 Å². The van der Waals surface area contributed by atoms with Gasteiger partial charge in [-0.25, -0.2) is 4.98 Å². The molecule has 160 valence electrons. The van der Waals surface area contributed by atoms with Crippen LogP contribution in [0.15, 0.2) is 34.2 Å². The molecule has 2 aromatic heterocycles. The van der Waals surface area contributed by atoms with Gasteiger partial charge in [0.2, 0.25) is 0 Å². The lowest BCUT2D eigenvalue weighted by Gasteiger charge is -2.13. The van der Waals surface area contributed by atoms with Crippen molar-refractivity contribution >= 4 is 33.3 Å². The molecule has 8 heteroatoms. The van der Waals surface area contributed by atoms with E-state index in [2.05, 4.69) is 0 Å². The van der Waals surface area contributed by atoms with E-state index in [1.807, 2.05) is 24.3 Å². The molecule has 1 aliphatic rings. The Bertz CT molecular complexity index is 1060. The van der Waals surface area contributed by atoms with Crippen molar-refractivity contribution in [3.63, 3.8) is 0 Å². The first kappa shape index (κ1) is 21.2. The molecule has 4 rings (SSSR count). The number of methoxy groups -OCH3 is 2. The van der Waals surface area contributed by atoms with Crippen LogP contribution in [0.3, 0.4) is 0 Å². The predicted octanol–water partition coefficient (Wildman–Crippen LogP) is 4.16. The van der Waals surface area contributed by atoms with Crippen molar-refractivity contribution in [2.75, 3.05) is 33.2 Å². The van der Waals surface area contributed by atoms with Crippen LogP contribution in [-0.2, 0) is 24.1 Å². The predicted molar refractivity (Wildman–Crippen MR) is 122 cm³/mol. The molecule has 6 nitrogen and oxygen atoms in total. The van der Waals surface area contributed by atoms with Gasteiger partial charge in [-0.05, 0) is 55.5 Å². The minimum Gasteiger partial charge on any atom is -0.497 e. The average Bonchev–Trinajstić information content (AvgIpc) is 3.15. The van der Waals surface area contributed by atoms with Crippen LogP contribution in [-0.4, -0.2) is 42.7 Å². The molecule has 3 aromatic rings. The number of rotatable bonds is 9. The summed E-state index contributed by atoms with van der Waals surface area (Å²) < 4.78 is 18.0. The number of hydrogen-bond acceptors (Lipinski definition) is 7. The number of nitrogens with zero attached hydrogens (tertiary/aromatic N) is 2. The Labute approximate surface area is 184 Å². The van der Waals surface area contributed by atoms with E-state index >= 15 is 0 Å². The summed E-state index contributed by atoms with van der Waals surface area (Å²) >= 11 is 3.24. The quantitative estimate of drug-likeness (QED) is 0.279. The lowest BCUT2D eigenvalue weighted by Crippen LogP contribution is -2.25. The Kier molecular flexibility index (Phi) is 6.97. The molecule has 0 bridgehead atoms. The number of ether oxygens (including phenoxy) is 3. The molecular formula is C22H26N2O4S2. The topological polar surface area (TPSA) is 62.6 Å². The number of aryl methyl sites for hydroxylation is 2. The minimum atomic E-state index is 0.0648. The van der Waals surface area contributed by atoms with Crippen molar-refractivity contribution in [2.45, 2.75) is 37.4 Å². The van der Waals surface area contributed by atoms with E-state index < -0.39 is 0 Å². The number of thiophene rings is 1. The normalized spacial score (nSPS) is 13.4. The molecule has 30 heavy (non-hydrogen) atoms. The summed E-state index contributed by atoms with van der Waals surface area (Å²) in [5, 5.41) is 1.56. The Morgan fingerprint density at radius 1 is 1.10 bits per heavy atom. The summed E-state index contributed by atoms with van der Waals surface area (Å²) in [4.78, 5) is 20.4. The van der Waals surface area contributed by atoms with E-state index in [0.717, 1.165) is 46.1 Å². The van der Waals surface area contributed by atoms with Gasteiger partial charge in [-0.15, -0.1) is 11.3 Å². The standard InChI is InChI=1S/C22H26N2O4S2/c1-26-12-11-24-21(25)19-17-5-3-4-6-18(17)30-20(19)23-22(24)29-14-13-28-16-9-7-15(27-2)8-10-16/h7-10H,3-6,11-14H2,1-2H3. The van der Waals surface area contributed by atoms with Crippen LogP contribution in [0.2, 0.25) is 0 Å². The van der Waals surface area contributed by atoms with Crippen LogP contribution in [0, 0.1) is 0 Å². The summed E-state index contributed by atoms with van der Waals surface area (Å²) in [5.74, 6) is 2.29. The molecule has 1 aliphatic carbocycles. The SMILES string of the molecule is COCCn1c(SCCOc2ccc(OC)cc2)nc2sc3c(c2c1=O)CCCC3. The number of hydrogen-bond donors (Lipinski definition) is 0. The van der Waals surface area contributed by atoms with Gasteiger partial charge in [-0.3, -0.25) is 9.36 Å². The maximum Gasteiger partial charge on any atom is 0.263 e. The van der Waals surface area contributed by atoms with E-state index in [-0.39, 0.29) is 5.56 Å². The number of benzene rings is 1. The van der Waals surface area contributed by atoms with Crippen LogP contribution in [0.1, 0.15) is 23.3 Å². The first-order valence-electron chi connectivity index (χ1n) is 10.1. The van der Waals surface area contributed by atoms with Gasteiger partial charge >= 0.3 is 0 Å². The average molecular weight is 447 g/mol. The van der Waals surface area contributed by atoms with Crippen LogP contribution < -0.4 is 15.0 Å². The minimum absolute atomic E-state index is 0.0648. The highest BCUT2D eigenvalue weighted by atomic mass is 32.2. The first-order chi connectivity index (χ1) is 14.7. The van der Waals surface area contributed by atoms with Crippen molar-refractivity contribution in [3.05, 3.63) is 45.1 Å². The van der Waals surface area contributed by atoms with Crippen molar-refractivity contribution < 1.29 is 14.2 Å². The third kappa shape index (κ3) is 4.50. The van der Waals surface area contributed by atoms with Gasteiger partial charge in [0.1, 0.15) is 16.3 Å². The van der Waals surface area contributed by atoms with E-state index in [1.54, 1.807) is 41.9 Å². The van der Waals surface area contributed by atoms with E-state index in [9.17, 15) is 4.79 Å². The zero-order chi connectivity index (χ0) is 20.9. The van der Waals surface area contributed by atoms with Crippen molar-refractivity contribution in [1.82, 2.24) is 9.55 Å². The second-order valence-corrected chi connectivity index (χ2v) is 9.25. The zero-order valence-electron chi connectivity index (χ0n) is 17.3. The Morgan fingerprint density at radius 2 is 1.87 bits per heavy atom. The van der Waals surface area contributed by atoms with E-state index in [4.69, 9.17) is 19.2 Å². The Morgan fingerprint density at radius 3 is 2.63 bits per heavy atom. The lowest BCUT2D eigenvalue weighted by atomic mass is 9.97. The molecular weight excluding hydrogens is 420 g/mol. The summed E-state index contributed by atoms with van der Waals surface area (Å²) in [6.45, 7) is 1.51. The maximum atomic E-state index is 13.3. The van der Waals surface area contributed by atoms with Crippen molar-refractivity contribution in [3.8, 4) is 11.5 Å². The van der Waals surface area contributed by atoms with Crippen molar-refractivity contribution in [2.24, 2.45) is 0 Å². The van der Waals surface area contributed by atoms with Crippen molar-refractivity contribution in [1.29, 1.82) is 0 Å². The second kappa shape index (κ2) is 9.85. The van der Waals surface area contributed by atoms with Gasteiger partial charge < -0.3 is 14.2 Å². The highest BCUT2D eigenvalue weighted by molar-refractivity contribution is 7.99. The number of thioether (sulfide) groups is 1. The molecule has 1 aromatic carbocycles. The van der Waals surface area contributed by atoms with Gasteiger partial charge in [0.05, 0.1) is 32.3 Å². The molecule has 0 amide bonds. The molecule has 0 radical (unpaired) electrons. The van der Waals surface area contributed by atoms with Crippen LogP contribution >= 0.6 is 23.1 Å². The molecule has 2 heterocycles. The second-order valence-electron chi connectivity index (χ2n) is 7.11. The Hall–Kier alpha value is -2.03. The first-order valence-corrected chi connectivity index (χ1v) is 11.9. The van der Waals surface area contributed by atoms with Gasteiger partial charge in [0, 0.05) is 17.7 Å². The summed E-state index contributed by atoms with van der Waals surface area (Å²) in [7, 11) is 3.29. The van der Waals surface area contributed by atoms with E-state index in [0.29, 0.717) is 25.5 Å².